The highest BCUT2D eigenvalue weighted by Gasteiger charge is 2.65. The topological polar surface area (TPSA) is 52.6 Å². The molecule has 0 bridgehead atoms. The Labute approximate surface area is 148 Å². The fourth-order valence-corrected chi connectivity index (χ4v) is 5.68. The minimum atomic E-state index is -1.20. The minimum Gasteiger partial charge on any atom is -0.468 e. The van der Waals surface area contributed by atoms with E-state index in [0.717, 1.165) is 12.8 Å². The van der Waals surface area contributed by atoms with Crippen molar-refractivity contribution in [1.29, 1.82) is 0 Å². The lowest BCUT2D eigenvalue weighted by Crippen LogP contribution is -2.57. The van der Waals surface area contributed by atoms with Crippen molar-refractivity contribution in [1.82, 2.24) is 0 Å². The number of carbonyl (C=O) groups is 2. The molecule has 0 aromatic heterocycles. The lowest BCUT2D eigenvalue weighted by Gasteiger charge is -2.57. The van der Waals surface area contributed by atoms with E-state index in [1.54, 1.807) is 0 Å². The first-order valence-corrected chi connectivity index (χ1v) is 8.88. The van der Waals surface area contributed by atoms with Crippen molar-refractivity contribution < 1.29 is 19.1 Å². The molecule has 0 saturated heterocycles. The summed E-state index contributed by atoms with van der Waals surface area (Å²) in [5.74, 6) is -0.650. The monoisotopic (exact) mass is 340 g/mol. The molecule has 1 aromatic carbocycles. The van der Waals surface area contributed by atoms with Gasteiger partial charge in [-0.25, -0.2) is 0 Å². The molecule has 2 unspecified atom stereocenters. The van der Waals surface area contributed by atoms with Crippen LogP contribution in [0.2, 0.25) is 0 Å². The summed E-state index contributed by atoms with van der Waals surface area (Å²) in [5, 5.41) is 0. The third kappa shape index (κ3) is 1.88. The van der Waals surface area contributed by atoms with Gasteiger partial charge in [-0.05, 0) is 62.1 Å². The lowest BCUT2D eigenvalue weighted by molar-refractivity contribution is -0.174. The van der Waals surface area contributed by atoms with Crippen LogP contribution < -0.4 is 0 Å². The SMILES string of the molecule is COC(=O)C1(C(=O)OC)CC2=Cc3cc(C)cc(C)c3C23CCC3C1. The molecular weight excluding hydrogens is 316 g/mol. The lowest BCUT2D eigenvalue weighted by atomic mass is 9.45. The van der Waals surface area contributed by atoms with Gasteiger partial charge in [0.2, 0.25) is 0 Å². The molecule has 1 aromatic rings. The molecule has 2 atom stereocenters. The number of methoxy groups -OCH3 is 2. The van der Waals surface area contributed by atoms with Crippen molar-refractivity contribution in [2.45, 2.75) is 44.9 Å². The molecule has 1 spiro atoms. The molecule has 3 aliphatic carbocycles. The Kier molecular flexibility index (Phi) is 3.40. The smallest absolute Gasteiger partial charge is 0.323 e. The normalized spacial score (nSPS) is 28.0. The summed E-state index contributed by atoms with van der Waals surface area (Å²) in [6.45, 7) is 4.28. The zero-order valence-electron chi connectivity index (χ0n) is 15.3. The number of carbonyl (C=O) groups excluding carboxylic acids is 2. The third-order valence-corrected chi connectivity index (χ3v) is 6.68. The Morgan fingerprint density at radius 2 is 1.80 bits per heavy atom. The first-order chi connectivity index (χ1) is 11.9. The predicted octanol–water partition coefficient (Wildman–Crippen LogP) is 3.47. The van der Waals surface area contributed by atoms with Crippen molar-refractivity contribution in [3.8, 4) is 0 Å². The average molecular weight is 340 g/mol. The maximum Gasteiger partial charge on any atom is 0.323 e. The number of benzene rings is 1. The zero-order valence-corrected chi connectivity index (χ0v) is 15.3. The van der Waals surface area contributed by atoms with E-state index in [1.807, 2.05) is 0 Å². The van der Waals surface area contributed by atoms with Crippen LogP contribution in [0.1, 0.15) is 47.9 Å². The van der Waals surface area contributed by atoms with Crippen LogP contribution in [0.5, 0.6) is 0 Å². The van der Waals surface area contributed by atoms with Gasteiger partial charge in [0.25, 0.3) is 0 Å². The molecule has 132 valence electrons. The summed E-state index contributed by atoms with van der Waals surface area (Å²) in [6.07, 6.45) is 5.24. The Hall–Kier alpha value is -2.10. The molecule has 0 aliphatic heterocycles. The van der Waals surface area contributed by atoms with Gasteiger partial charge in [0, 0.05) is 5.41 Å². The van der Waals surface area contributed by atoms with Crippen LogP contribution in [0.4, 0.5) is 0 Å². The van der Waals surface area contributed by atoms with Crippen LogP contribution >= 0.6 is 0 Å². The second kappa shape index (κ2) is 5.20. The highest BCUT2D eigenvalue weighted by molar-refractivity contribution is 6.01. The molecule has 2 fully saturated rings. The van der Waals surface area contributed by atoms with Gasteiger partial charge in [-0.2, -0.15) is 0 Å². The van der Waals surface area contributed by atoms with Crippen LogP contribution in [-0.4, -0.2) is 26.2 Å². The summed E-state index contributed by atoms with van der Waals surface area (Å²) >= 11 is 0. The molecule has 0 radical (unpaired) electrons. The molecule has 25 heavy (non-hydrogen) atoms. The maximum absolute atomic E-state index is 12.6. The fourth-order valence-electron chi connectivity index (χ4n) is 5.68. The van der Waals surface area contributed by atoms with Crippen LogP contribution in [-0.2, 0) is 24.5 Å². The number of aryl methyl sites for hydroxylation is 2. The molecule has 3 aliphatic rings. The van der Waals surface area contributed by atoms with E-state index in [9.17, 15) is 9.59 Å². The Morgan fingerprint density at radius 3 is 2.36 bits per heavy atom. The van der Waals surface area contributed by atoms with Crippen molar-refractivity contribution >= 4 is 18.0 Å². The number of hydrogen-bond donors (Lipinski definition) is 0. The Balaban J connectivity index is 1.86. The average Bonchev–Trinajstić information content (AvgIpc) is 2.91. The summed E-state index contributed by atoms with van der Waals surface area (Å²) in [5.41, 5.74) is 5.24. The highest BCUT2D eigenvalue weighted by atomic mass is 16.5. The standard InChI is InChI=1S/C21H24O4/c1-12-7-13(2)17-14(8-12)9-16-11-20(18(22)24-3,19(23)25-4)10-15-5-6-21(15,16)17/h7-9,15H,5-6,10-11H2,1-4H3. The van der Waals surface area contributed by atoms with Crippen LogP contribution in [0, 0.1) is 25.2 Å². The molecule has 4 heteroatoms. The van der Waals surface area contributed by atoms with Crippen molar-refractivity contribution in [2.75, 3.05) is 14.2 Å². The van der Waals surface area contributed by atoms with Crippen LogP contribution in [0.3, 0.4) is 0 Å². The molecule has 0 amide bonds. The van der Waals surface area contributed by atoms with E-state index in [1.165, 1.54) is 42.0 Å². The highest BCUT2D eigenvalue weighted by Crippen LogP contribution is 2.67. The van der Waals surface area contributed by atoms with E-state index >= 15 is 0 Å². The molecular formula is C21H24O4. The van der Waals surface area contributed by atoms with Crippen molar-refractivity contribution in [2.24, 2.45) is 11.3 Å². The van der Waals surface area contributed by atoms with Crippen LogP contribution in [0.25, 0.3) is 6.08 Å². The van der Waals surface area contributed by atoms with Gasteiger partial charge in [-0.15, -0.1) is 0 Å². The number of esters is 2. The maximum atomic E-state index is 12.6. The molecule has 2 saturated carbocycles. The first kappa shape index (κ1) is 16.4. The quantitative estimate of drug-likeness (QED) is 0.611. The number of hydrogen-bond acceptors (Lipinski definition) is 4. The Bertz CT molecular complexity index is 803. The van der Waals surface area contributed by atoms with Gasteiger partial charge in [0.15, 0.2) is 5.41 Å². The summed E-state index contributed by atoms with van der Waals surface area (Å²) in [7, 11) is 2.70. The summed E-state index contributed by atoms with van der Waals surface area (Å²) in [6, 6.07) is 4.46. The minimum absolute atomic E-state index is 0.0126. The predicted molar refractivity (Wildman–Crippen MR) is 94.0 cm³/mol. The fraction of sp³-hybridized carbons (Fsp3) is 0.524. The van der Waals surface area contributed by atoms with E-state index in [0.29, 0.717) is 12.8 Å². The molecule has 0 N–H and O–H groups in total. The summed E-state index contributed by atoms with van der Waals surface area (Å²) in [4.78, 5) is 25.2. The van der Waals surface area contributed by atoms with Gasteiger partial charge in [-0.1, -0.05) is 29.3 Å². The van der Waals surface area contributed by atoms with Gasteiger partial charge in [-0.3, -0.25) is 9.59 Å². The van der Waals surface area contributed by atoms with Crippen molar-refractivity contribution in [3.05, 3.63) is 40.0 Å². The zero-order chi connectivity index (χ0) is 18.0. The van der Waals surface area contributed by atoms with E-state index < -0.39 is 17.4 Å². The van der Waals surface area contributed by atoms with Gasteiger partial charge in [0.05, 0.1) is 14.2 Å². The first-order valence-electron chi connectivity index (χ1n) is 8.88. The van der Waals surface area contributed by atoms with E-state index in [-0.39, 0.29) is 11.3 Å². The third-order valence-electron chi connectivity index (χ3n) is 6.68. The largest absolute Gasteiger partial charge is 0.468 e. The molecule has 0 heterocycles. The second-order valence-corrected chi connectivity index (χ2v) is 7.87. The number of ether oxygens (including phenoxy) is 2. The number of fused-ring (bicyclic) bond motifs is 1. The van der Waals surface area contributed by atoms with Gasteiger partial charge >= 0.3 is 11.9 Å². The van der Waals surface area contributed by atoms with E-state index in [4.69, 9.17) is 9.47 Å². The Morgan fingerprint density at radius 1 is 1.12 bits per heavy atom. The summed E-state index contributed by atoms with van der Waals surface area (Å²) < 4.78 is 10.0. The van der Waals surface area contributed by atoms with Gasteiger partial charge < -0.3 is 9.47 Å². The number of rotatable bonds is 2. The van der Waals surface area contributed by atoms with Crippen molar-refractivity contribution in [3.63, 3.8) is 0 Å². The molecule has 4 nitrogen and oxygen atoms in total. The molecule has 4 rings (SSSR count). The van der Waals surface area contributed by atoms with E-state index in [2.05, 4.69) is 32.1 Å². The van der Waals surface area contributed by atoms with Gasteiger partial charge in [0.1, 0.15) is 0 Å². The number of allylic oxidation sites excluding steroid dienone is 1. The second-order valence-electron chi connectivity index (χ2n) is 7.87. The van der Waals surface area contributed by atoms with Crippen LogP contribution in [0.15, 0.2) is 17.7 Å².